The number of nitrogens with zero attached hydrogens (tertiary/aromatic N) is 2. The summed E-state index contributed by atoms with van der Waals surface area (Å²) < 4.78 is 0. The van der Waals surface area contributed by atoms with Crippen LogP contribution in [0.2, 0.25) is 0 Å². The monoisotopic (exact) mass is 158 g/mol. The highest BCUT2D eigenvalue weighted by Gasteiger charge is 2.39. The van der Waals surface area contributed by atoms with E-state index < -0.39 is 10.6 Å². The Bertz CT molecular complexity index is 247. The molecule has 1 aliphatic rings. The lowest BCUT2D eigenvalue weighted by molar-refractivity contribution is -0.596. The largest absolute Gasteiger partial charge is 0.493 e. The Labute approximate surface area is 61.6 Å². The number of aliphatic hydroxyl groups is 2. The molecule has 60 valence electrons. The zero-order chi connectivity index (χ0) is 8.48. The highest BCUT2D eigenvalue weighted by atomic mass is 16.7. The van der Waals surface area contributed by atoms with E-state index in [9.17, 15) is 10.1 Å². The van der Waals surface area contributed by atoms with Crippen molar-refractivity contribution in [3.63, 3.8) is 0 Å². The number of aliphatic hydroxyl groups excluding tert-OH is 1. The molecule has 0 fully saturated rings. The fourth-order valence-electron chi connectivity index (χ4n) is 0.638. The first kappa shape index (κ1) is 7.67. The molecule has 2 N–H and O–H groups in total. The van der Waals surface area contributed by atoms with Gasteiger partial charge in [-0.1, -0.05) is 0 Å². The molecule has 0 spiro atoms. The first-order valence-electron chi connectivity index (χ1n) is 2.86. The summed E-state index contributed by atoms with van der Waals surface area (Å²) in [5, 5.41) is 27.9. The van der Waals surface area contributed by atoms with Gasteiger partial charge in [0.05, 0.1) is 11.3 Å². The van der Waals surface area contributed by atoms with Gasteiger partial charge in [-0.2, -0.15) is 0 Å². The zero-order valence-corrected chi connectivity index (χ0v) is 5.47. The van der Waals surface area contributed by atoms with Crippen LogP contribution in [0.4, 0.5) is 0 Å². The average Bonchev–Trinajstić information content (AvgIpc) is 1.95. The Morgan fingerprint density at radius 3 is 2.82 bits per heavy atom. The quantitative estimate of drug-likeness (QED) is 0.314. The molecule has 0 aromatic heterocycles. The van der Waals surface area contributed by atoms with Gasteiger partial charge in [0, 0.05) is 0 Å². The van der Waals surface area contributed by atoms with Crippen LogP contribution >= 0.6 is 0 Å². The number of hydrogen-bond donors (Lipinski definition) is 2. The Hall–Kier alpha value is -1.43. The molecule has 1 rings (SSSR count). The van der Waals surface area contributed by atoms with E-state index in [1.54, 1.807) is 0 Å². The molecule has 1 heterocycles. The molecule has 0 aromatic rings. The second-order valence-electron chi connectivity index (χ2n) is 2.16. The zero-order valence-electron chi connectivity index (χ0n) is 5.47. The summed E-state index contributed by atoms with van der Waals surface area (Å²) in [7, 11) is 0. The molecule has 1 aliphatic heterocycles. The van der Waals surface area contributed by atoms with Crippen LogP contribution in [0, 0.1) is 10.1 Å². The van der Waals surface area contributed by atoms with Crippen LogP contribution in [0.15, 0.2) is 17.0 Å². The summed E-state index contributed by atoms with van der Waals surface area (Å²) in [5.74, 6) is -0.309. The molecule has 11 heavy (non-hydrogen) atoms. The van der Waals surface area contributed by atoms with Crippen LogP contribution in [0.3, 0.4) is 0 Å². The van der Waals surface area contributed by atoms with Crippen LogP contribution < -0.4 is 0 Å². The molecule has 0 amide bonds. The fraction of sp³-hybridized carbons (Fsp3) is 0.400. The van der Waals surface area contributed by atoms with Crippen molar-refractivity contribution in [2.45, 2.75) is 12.1 Å². The maximum atomic E-state index is 10.1. The molecule has 0 bridgehead atoms. The van der Waals surface area contributed by atoms with E-state index in [1.807, 2.05) is 0 Å². The van der Waals surface area contributed by atoms with Gasteiger partial charge >= 0.3 is 5.72 Å². The van der Waals surface area contributed by atoms with E-state index in [2.05, 4.69) is 4.99 Å². The molecule has 6 heteroatoms. The maximum Gasteiger partial charge on any atom is 0.362 e. The summed E-state index contributed by atoms with van der Waals surface area (Å²) in [6.07, 6.45) is 1.54. The van der Waals surface area contributed by atoms with Crippen molar-refractivity contribution in [2.24, 2.45) is 4.99 Å². The van der Waals surface area contributed by atoms with Gasteiger partial charge in [-0.05, 0) is 6.08 Å². The van der Waals surface area contributed by atoms with Gasteiger partial charge in [-0.3, -0.25) is 10.1 Å². The predicted octanol–water partition coefficient (Wildman–Crippen LogP) is -0.174. The summed E-state index contributed by atoms with van der Waals surface area (Å²) in [4.78, 5) is 12.5. The van der Waals surface area contributed by atoms with Gasteiger partial charge < -0.3 is 10.2 Å². The van der Waals surface area contributed by atoms with Crippen LogP contribution in [0.1, 0.15) is 6.42 Å². The van der Waals surface area contributed by atoms with Gasteiger partial charge in [-0.15, -0.1) is 0 Å². The number of hydrogen-bond acceptors (Lipinski definition) is 5. The molecule has 0 saturated heterocycles. The minimum atomic E-state index is -2.15. The molecule has 0 radical (unpaired) electrons. The van der Waals surface area contributed by atoms with E-state index in [-0.39, 0.29) is 12.3 Å². The van der Waals surface area contributed by atoms with Gasteiger partial charge in [0.25, 0.3) is 0 Å². The maximum absolute atomic E-state index is 10.1. The lowest BCUT2D eigenvalue weighted by Gasteiger charge is -2.14. The van der Waals surface area contributed by atoms with Crippen molar-refractivity contribution in [3.8, 4) is 0 Å². The smallest absolute Gasteiger partial charge is 0.362 e. The average molecular weight is 158 g/mol. The molecule has 1 atom stereocenters. The van der Waals surface area contributed by atoms with Crippen molar-refractivity contribution in [1.29, 1.82) is 0 Å². The molecule has 1 unspecified atom stereocenters. The van der Waals surface area contributed by atoms with Crippen LogP contribution in [0.5, 0.6) is 0 Å². The Morgan fingerprint density at radius 2 is 2.45 bits per heavy atom. The van der Waals surface area contributed by atoms with Crippen molar-refractivity contribution >= 4 is 6.21 Å². The summed E-state index contributed by atoms with van der Waals surface area (Å²) in [6, 6.07) is 0. The summed E-state index contributed by atoms with van der Waals surface area (Å²) >= 11 is 0. The minimum Gasteiger partial charge on any atom is -0.493 e. The van der Waals surface area contributed by atoms with Crippen molar-refractivity contribution in [2.75, 3.05) is 0 Å². The Balaban J connectivity index is 2.82. The van der Waals surface area contributed by atoms with Gasteiger partial charge in [0.15, 0.2) is 0 Å². The number of nitro groups is 1. The molecular weight excluding hydrogens is 152 g/mol. The highest BCUT2D eigenvalue weighted by Crippen LogP contribution is 2.15. The Morgan fingerprint density at radius 1 is 1.82 bits per heavy atom. The SMILES string of the molecule is O=[N+]([O-])C1(O)C=NC(O)=CC1. The first-order valence-corrected chi connectivity index (χ1v) is 2.86. The van der Waals surface area contributed by atoms with Gasteiger partial charge in [0.2, 0.25) is 5.88 Å². The van der Waals surface area contributed by atoms with E-state index in [0.29, 0.717) is 6.21 Å². The summed E-state index contributed by atoms with van der Waals surface area (Å²) in [5.41, 5.74) is -2.15. The van der Waals surface area contributed by atoms with Crippen LogP contribution in [-0.4, -0.2) is 27.1 Å². The third-order valence-corrected chi connectivity index (χ3v) is 1.30. The van der Waals surface area contributed by atoms with Gasteiger partial charge in [-0.25, -0.2) is 4.99 Å². The third kappa shape index (κ3) is 1.35. The second-order valence-corrected chi connectivity index (χ2v) is 2.16. The molecule has 0 aliphatic carbocycles. The summed E-state index contributed by atoms with van der Waals surface area (Å²) in [6.45, 7) is 0. The standard InChI is InChI=1S/C5H6N2O4/c8-4-1-2-5(9,3-6-4)7(10)11/h1,3,8-9H,2H2. The van der Waals surface area contributed by atoms with Crippen LogP contribution in [-0.2, 0) is 0 Å². The molecule has 6 nitrogen and oxygen atoms in total. The van der Waals surface area contributed by atoms with Crippen molar-refractivity contribution in [1.82, 2.24) is 0 Å². The minimum absolute atomic E-state index is 0.255. The topological polar surface area (TPSA) is 96.0 Å². The molecule has 0 aromatic carbocycles. The first-order chi connectivity index (χ1) is 5.04. The van der Waals surface area contributed by atoms with E-state index in [1.165, 1.54) is 0 Å². The van der Waals surface area contributed by atoms with E-state index in [0.717, 1.165) is 6.08 Å². The van der Waals surface area contributed by atoms with E-state index >= 15 is 0 Å². The van der Waals surface area contributed by atoms with Crippen molar-refractivity contribution < 1.29 is 15.1 Å². The lowest BCUT2D eigenvalue weighted by atomic mass is 10.1. The second kappa shape index (κ2) is 2.31. The predicted molar refractivity (Wildman–Crippen MR) is 35.8 cm³/mol. The molecule has 0 saturated carbocycles. The highest BCUT2D eigenvalue weighted by molar-refractivity contribution is 5.68. The third-order valence-electron chi connectivity index (χ3n) is 1.30. The number of rotatable bonds is 1. The normalized spacial score (nSPS) is 29.7. The van der Waals surface area contributed by atoms with Gasteiger partial charge in [0.1, 0.15) is 6.21 Å². The van der Waals surface area contributed by atoms with Crippen LogP contribution in [0.25, 0.3) is 0 Å². The number of aliphatic imine (C=N–C) groups is 1. The lowest BCUT2D eigenvalue weighted by Crippen LogP contribution is -2.40. The fourth-order valence-corrected chi connectivity index (χ4v) is 0.638. The van der Waals surface area contributed by atoms with E-state index in [4.69, 9.17) is 10.2 Å². The Kier molecular flexibility index (Phi) is 1.61. The van der Waals surface area contributed by atoms with Crippen molar-refractivity contribution in [3.05, 3.63) is 22.1 Å². The molecular formula is C5H6N2O4.